The minimum Gasteiger partial charge on any atom is -0.293 e. The highest BCUT2D eigenvalue weighted by molar-refractivity contribution is 7.13. The van der Waals surface area contributed by atoms with Crippen LogP contribution in [0.4, 0.5) is 0 Å². The highest BCUT2D eigenvalue weighted by atomic mass is 32.1. The smallest absolute Gasteiger partial charge is 0.180 e. The fraction of sp³-hybridized carbons (Fsp3) is 0.0909. The molecule has 0 spiro atoms. The molecular weight excluding hydrogens is 457 g/mol. The van der Waals surface area contributed by atoms with Gasteiger partial charge in [0.1, 0.15) is 0 Å². The van der Waals surface area contributed by atoms with Crippen molar-refractivity contribution in [2.45, 2.75) is 12.8 Å². The largest absolute Gasteiger partial charge is 0.293 e. The molecule has 30 heavy (non-hydrogen) atoms. The molecule has 0 saturated heterocycles. The number of ketones is 4. The maximum Gasteiger partial charge on any atom is 0.180 e. The zero-order valence-corrected chi connectivity index (χ0v) is 18.9. The van der Waals surface area contributed by atoms with Crippen LogP contribution in [0.5, 0.6) is 0 Å². The summed E-state index contributed by atoms with van der Waals surface area (Å²) in [6.45, 7) is 0. The molecule has 0 aliphatic rings. The van der Waals surface area contributed by atoms with Crippen LogP contribution in [0.25, 0.3) is 0 Å². The molecule has 0 fully saturated rings. The second-order valence-corrected chi connectivity index (χ2v) is 9.75. The molecule has 4 nitrogen and oxygen atoms in total. The molecule has 0 radical (unpaired) electrons. The van der Waals surface area contributed by atoms with E-state index in [0.717, 1.165) is 0 Å². The van der Waals surface area contributed by atoms with Crippen molar-refractivity contribution >= 4 is 68.5 Å². The standard InChI is InChI=1S/2C11H8O2S2/c2*12-8(10-3-1-5-14-10)7-9(13)11-4-2-6-15-11/h2*1-6H,7H2. The first-order valence-electron chi connectivity index (χ1n) is 8.81. The van der Waals surface area contributed by atoms with Gasteiger partial charge in [0.05, 0.1) is 32.4 Å². The van der Waals surface area contributed by atoms with Gasteiger partial charge in [0.25, 0.3) is 0 Å². The molecule has 0 aliphatic heterocycles. The molecule has 4 heterocycles. The van der Waals surface area contributed by atoms with Gasteiger partial charge in [0.2, 0.25) is 0 Å². The third-order valence-electron chi connectivity index (χ3n) is 3.83. The van der Waals surface area contributed by atoms with Crippen LogP contribution in [0.1, 0.15) is 51.5 Å². The number of carbonyl (C=O) groups excluding carboxylic acids is 4. The number of carbonyl (C=O) groups is 4. The average Bonchev–Trinajstić information content (AvgIpc) is 3.55. The molecular formula is C22H16O4S4. The molecule has 0 aliphatic carbocycles. The van der Waals surface area contributed by atoms with Crippen LogP contribution in [0.15, 0.2) is 70.1 Å². The minimum absolute atomic E-state index is 0.0268. The monoisotopic (exact) mass is 472 g/mol. The third-order valence-corrected chi connectivity index (χ3v) is 7.47. The Bertz CT molecular complexity index is 912. The van der Waals surface area contributed by atoms with Crippen LogP contribution < -0.4 is 0 Å². The molecule has 0 amide bonds. The summed E-state index contributed by atoms with van der Waals surface area (Å²) < 4.78 is 0. The Kier molecular flexibility index (Phi) is 8.15. The summed E-state index contributed by atoms with van der Waals surface area (Å²) in [6, 6.07) is 14.2. The van der Waals surface area contributed by atoms with E-state index in [9.17, 15) is 19.2 Å². The Morgan fingerprint density at radius 3 is 0.867 bits per heavy atom. The van der Waals surface area contributed by atoms with Gasteiger partial charge in [-0.3, -0.25) is 19.2 Å². The highest BCUT2D eigenvalue weighted by Gasteiger charge is 2.15. The molecule has 8 heteroatoms. The van der Waals surface area contributed by atoms with Gasteiger partial charge < -0.3 is 0 Å². The molecule has 4 aromatic rings. The Labute approximate surface area is 189 Å². The number of hydrogen-bond acceptors (Lipinski definition) is 8. The van der Waals surface area contributed by atoms with E-state index in [-0.39, 0.29) is 36.0 Å². The number of Topliss-reactive ketones (excluding diaryl/α,β-unsaturated/α-hetero) is 4. The van der Waals surface area contributed by atoms with Crippen molar-refractivity contribution in [1.29, 1.82) is 0 Å². The van der Waals surface area contributed by atoms with Gasteiger partial charge in [-0.1, -0.05) is 24.3 Å². The van der Waals surface area contributed by atoms with E-state index in [4.69, 9.17) is 0 Å². The van der Waals surface area contributed by atoms with E-state index in [1.54, 1.807) is 24.3 Å². The normalized spacial score (nSPS) is 10.1. The predicted octanol–water partition coefficient (Wildman–Crippen LogP) is 6.53. The summed E-state index contributed by atoms with van der Waals surface area (Å²) in [6.07, 6.45) is -0.0535. The second-order valence-electron chi connectivity index (χ2n) is 5.96. The average molecular weight is 473 g/mol. The van der Waals surface area contributed by atoms with Crippen LogP contribution >= 0.6 is 45.3 Å². The SMILES string of the molecule is O=C(CC(=O)c1cccs1)c1cccs1.O=C(CC(=O)c1cccs1)c1cccs1. The molecule has 0 saturated carbocycles. The summed E-state index contributed by atoms with van der Waals surface area (Å²) in [5.41, 5.74) is 0. The lowest BCUT2D eigenvalue weighted by Crippen LogP contribution is -2.05. The van der Waals surface area contributed by atoms with Crippen molar-refractivity contribution in [3.05, 3.63) is 89.6 Å². The summed E-state index contributed by atoms with van der Waals surface area (Å²) in [5.74, 6) is -0.376. The van der Waals surface area contributed by atoms with Gasteiger partial charge >= 0.3 is 0 Å². The van der Waals surface area contributed by atoms with E-state index in [1.807, 2.05) is 45.8 Å². The van der Waals surface area contributed by atoms with Crippen LogP contribution in [0.2, 0.25) is 0 Å². The first kappa shape index (κ1) is 22.2. The second kappa shape index (κ2) is 11.0. The zero-order valence-electron chi connectivity index (χ0n) is 15.6. The first-order valence-corrected chi connectivity index (χ1v) is 12.3. The van der Waals surface area contributed by atoms with E-state index in [1.165, 1.54) is 45.3 Å². The Hall–Kier alpha value is -2.52. The van der Waals surface area contributed by atoms with Crippen molar-refractivity contribution in [1.82, 2.24) is 0 Å². The Balaban J connectivity index is 0.000000171. The summed E-state index contributed by atoms with van der Waals surface area (Å²) in [4.78, 5) is 49.0. The lowest BCUT2D eigenvalue weighted by Gasteiger charge is -1.95. The van der Waals surface area contributed by atoms with Crippen LogP contribution in [-0.4, -0.2) is 23.1 Å². The molecule has 0 aromatic carbocycles. The van der Waals surface area contributed by atoms with Crippen molar-refractivity contribution < 1.29 is 19.2 Å². The minimum atomic E-state index is -0.0941. The number of thiophene rings is 4. The van der Waals surface area contributed by atoms with E-state index >= 15 is 0 Å². The zero-order chi connectivity index (χ0) is 21.3. The van der Waals surface area contributed by atoms with Gasteiger partial charge in [-0.25, -0.2) is 0 Å². The van der Waals surface area contributed by atoms with Crippen molar-refractivity contribution in [3.8, 4) is 0 Å². The van der Waals surface area contributed by atoms with Crippen LogP contribution in [0, 0.1) is 0 Å². The summed E-state index contributed by atoms with van der Waals surface area (Å²) >= 11 is 5.49. The number of rotatable bonds is 8. The number of hydrogen-bond donors (Lipinski definition) is 0. The van der Waals surface area contributed by atoms with Gasteiger partial charge in [-0.2, -0.15) is 0 Å². The first-order chi connectivity index (χ1) is 14.5. The quantitative estimate of drug-likeness (QED) is 0.216. The molecule has 4 aromatic heterocycles. The highest BCUT2D eigenvalue weighted by Crippen LogP contribution is 2.17. The maximum atomic E-state index is 11.6. The lowest BCUT2D eigenvalue weighted by atomic mass is 10.1. The molecule has 4 rings (SSSR count). The molecule has 152 valence electrons. The van der Waals surface area contributed by atoms with Crippen LogP contribution in [0.3, 0.4) is 0 Å². The van der Waals surface area contributed by atoms with Gasteiger partial charge in [0.15, 0.2) is 23.1 Å². The Morgan fingerprint density at radius 2 is 0.700 bits per heavy atom. The maximum absolute atomic E-state index is 11.6. The predicted molar refractivity (Wildman–Crippen MR) is 124 cm³/mol. The van der Waals surface area contributed by atoms with Gasteiger partial charge in [-0.15, -0.1) is 45.3 Å². The van der Waals surface area contributed by atoms with Crippen molar-refractivity contribution in [2.24, 2.45) is 0 Å². The van der Waals surface area contributed by atoms with Crippen LogP contribution in [-0.2, 0) is 0 Å². The molecule has 0 unspecified atom stereocenters. The van der Waals surface area contributed by atoms with E-state index in [0.29, 0.717) is 19.5 Å². The van der Waals surface area contributed by atoms with Gasteiger partial charge in [0, 0.05) is 0 Å². The third kappa shape index (κ3) is 6.24. The van der Waals surface area contributed by atoms with Crippen molar-refractivity contribution in [2.75, 3.05) is 0 Å². The summed E-state index contributed by atoms with van der Waals surface area (Å²) in [5, 5.41) is 7.34. The van der Waals surface area contributed by atoms with Crippen molar-refractivity contribution in [3.63, 3.8) is 0 Å². The van der Waals surface area contributed by atoms with E-state index in [2.05, 4.69) is 0 Å². The molecule has 0 N–H and O–H groups in total. The summed E-state index contributed by atoms with van der Waals surface area (Å²) in [7, 11) is 0. The fourth-order valence-electron chi connectivity index (χ4n) is 2.39. The molecule has 0 bridgehead atoms. The topological polar surface area (TPSA) is 68.3 Å². The van der Waals surface area contributed by atoms with E-state index < -0.39 is 0 Å². The van der Waals surface area contributed by atoms with Gasteiger partial charge in [-0.05, 0) is 45.8 Å². The molecule has 0 atom stereocenters. The lowest BCUT2D eigenvalue weighted by molar-refractivity contribution is 0.0882. The Morgan fingerprint density at radius 1 is 0.467 bits per heavy atom. The fourth-order valence-corrected chi connectivity index (χ4v) is 5.05.